The Bertz CT molecular complexity index is 447. The molecule has 5 nitrogen and oxygen atoms in total. The van der Waals surface area contributed by atoms with Crippen LogP contribution in [0.25, 0.3) is 0 Å². The normalized spacial score (nSPS) is 13.9. The van der Waals surface area contributed by atoms with Crippen molar-refractivity contribution < 1.29 is 9.59 Å². The first-order chi connectivity index (χ1) is 13.9. The number of hydrogen-bond acceptors (Lipinski definition) is 3. The minimum absolute atomic E-state index is 0.0671. The van der Waals surface area contributed by atoms with Crippen molar-refractivity contribution in [3.8, 4) is 0 Å². The van der Waals surface area contributed by atoms with E-state index in [9.17, 15) is 9.59 Å². The van der Waals surface area contributed by atoms with Crippen molar-refractivity contribution in [1.82, 2.24) is 15.5 Å². The smallest absolute Gasteiger partial charge is 0.224 e. The molecule has 2 atom stereocenters. The molecule has 2 amide bonds. The number of rotatable bonds is 17. The maximum Gasteiger partial charge on any atom is 0.224 e. The molecule has 0 saturated carbocycles. The third kappa shape index (κ3) is 17.0. The molecule has 29 heavy (non-hydrogen) atoms. The SMILES string of the molecule is CCCC/C=C/CC(=O)NC(C)CN(CC)CC(C)NC(=O)C/C=C/CCCC. The highest BCUT2D eigenvalue weighted by Crippen LogP contribution is 2.00. The monoisotopic (exact) mass is 407 g/mol. The van der Waals surface area contributed by atoms with Crippen molar-refractivity contribution in [3.63, 3.8) is 0 Å². The molecular formula is C24H45N3O2. The fourth-order valence-electron chi connectivity index (χ4n) is 3.13. The summed E-state index contributed by atoms with van der Waals surface area (Å²) in [7, 11) is 0. The zero-order valence-corrected chi connectivity index (χ0v) is 19.5. The minimum Gasteiger partial charge on any atom is -0.352 e. The van der Waals surface area contributed by atoms with Gasteiger partial charge >= 0.3 is 0 Å². The predicted molar refractivity (Wildman–Crippen MR) is 124 cm³/mol. The number of nitrogens with one attached hydrogen (secondary N) is 2. The van der Waals surface area contributed by atoms with Crippen molar-refractivity contribution in [1.29, 1.82) is 0 Å². The number of unbranched alkanes of at least 4 members (excludes halogenated alkanes) is 4. The van der Waals surface area contributed by atoms with Gasteiger partial charge in [-0.2, -0.15) is 0 Å². The molecule has 0 radical (unpaired) electrons. The number of allylic oxidation sites excluding steroid dienone is 2. The Balaban J connectivity index is 4.16. The zero-order chi connectivity index (χ0) is 21.9. The van der Waals surface area contributed by atoms with Gasteiger partial charge in [0, 0.05) is 38.0 Å². The molecule has 0 aliphatic heterocycles. The summed E-state index contributed by atoms with van der Waals surface area (Å²) in [6.07, 6.45) is 15.8. The third-order valence-electron chi connectivity index (χ3n) is 4.71. The molecule has 2 unspecified atom stereocenters. The molecule has 0 spiro atoms. The summed E-state index contributed by atoms with van der Waals surface area (Å²) in [6.45, 7) is 12.9. The summed E-state index contributed by atoms with van der Waals surface area (Å²) in [6, 6.07) is 0.159. The van der Waals surface area contributed by atoms with Crippen LogP contribution < -0.4 is 10.6 Å². The lowest BCUT2D eigenvalue weighted by Gasteiger charge is -2.28. The average Bonchev–Trinajstić information content (AvgIpc) is 2.66. The van der Waals surface area contributed by atoms with E-state index in [-0.39, 0.29) is 23.9 Å². The molecule has 0 rings (SSSR count). The maximum atomic E-state index is 12.0. The van der Waals surface area contributed by atoms with Crippen LogP contribution in [0.4, 0.5) is 0 Å². The third-order valence-corrected chi connectivity index (χ3v) is 4.71. The topological polar surface area (TPSA) is 61.4 Å². The number of carbonyl (C=O) groups excluding carboxylic acids is 2. The van der Waals surface area contributed by atoms with Crippen LogP contribution in [-0.4, -0.2) is 48.4 Å². The number of carbonyl (C=O) groups is 2. The molecule has 0 bridgehead atoms. The molecule has 0 saturated heterocycles. The zero-order valence-electron chi connectivity index (χ0n) is 19.5. The van der Waals surface area contributed by atoms with Crippen molar-refractivity contribution in [2.24, 2.45) is 0 Å². The largest absolute Gasteiger partial charge is 0.352 e. The summed E-state index contributed by atoms with van der Waals surface area (Å²) in [4.78, 5) is 26.4. The van der Waals surface area contributed by atoms with Crippen LogP contribution >= 0.6 is 0 Å². The second-order valence-corrected chi connectivity index (χ2v) is 7.92. The molecule has 2 N–H and O–H groups in total. The van der Waals surface area contributed by atoms with E-state index in [4.69, 9.17) is 0 Å². The average molecular weight is 408 g/mol. The van der Waals surface area contributed by atoms with Crippen LogP contribution in [0, 0.1) is 0 Å². The van der Waals surface area contributed by atoms with Crippen molar-refractivity contribution in [2.75, 3.05) is 19.6 Å². The Labute approximate surface area is 179 Å². The fourth-order valence-corrected chi connectivity index (χ4v) is 3.13. The standard InChI is InChI=1S/C24H45N3O2/c1-6-9-11-13-15-17-23(28)25-21(4)19-27(8-3)20-22(5)26-24(29)18-16-14-12-10-7-2/h13-16,21-22H,6-12,17-20H2,1-5H3,(H,25,28)(H,26,29)/b15-13+,16-14+. The lowest BCUT2D eigenvalue weighted by molar-refractivity contribution is -0.121. The van der Waals surface area contributed by atoms with Crippen LogP contribution in [0.2, 0.25) is 0 Å². The van der Waals surface area contributed by atoms with Crippen molar-refractivity contribution >= 4 is 11.8 Å². The number of likely N-dealkylation sites (N-methyl/N-ethyl adjacent to an activating group) is 1. The van der Waals surface area contributed by atoms with Gasteiger partial charge in [-0.15, -0.1) is 0 Å². The van der Waals surface area contributed by atoms with Gasteiger partial charge in [0.25, 0.3) is 0 Å². The molecule has 0 fully saturated rings. The van der Waals surface area contributed by atoms with Crippen molar-refractivity contribution in [2.45, 2.75) is 98.1 Å². The summed E-state index contributed by atoms with van der Waals surface area (Å²) in [5, 5.41) is 6.13. The summed E-state index contributed by atoms with van der Waals surface area (Å²) in [5.41, 5.74) is 0. The number of hydrogen-bond donors (Lipinski definition) is 2. The highest BCUT2D eigenvalue weighted by molar-refractivity contribution is 5.78. The Morgan fingerprint density at radius 2 is 1.17 bits per heavy atom. The second-order valence-electron chi connectivity index (χ2n) is 7.92. The van der Waals surface area contributed by atoms with E-state index >= 15 is 0 Å². The first-order valence-electron chi connectivity index (χ1n) is 11.5. The quantitative estimate of drug-likeness (QED) is 0.274. The number of nitrogens with zero attached hydrogens (tertiary/aromatic N) is 1. The molecule has 0 heterocycles. The van der Waals surface area contributed by atoms with Gasteiger partial charge in [0.05, 0.1) is 0 Å². The van der Waals surface area contributed by atoms with Crippen LogP contribution in [0.1, 0.15) is 86.0 Å². The second kappa shape index (κ2) is 18.4. The van der Waals surface area contributed by atoms with Crippen LogP contribution in [0.5, 0.6) is 0 Å². The van der Waals surface area contributed by atoms with Gasteiger partial charge in [-0.05, 0) is 33.2 Å². The van der Waals surface area contributed by atoms with E-state index in [0.29, 0.717) is 12.8 Å². The lowest BCUT2D eigenvalue weighted by Crippen LogP contribution is -2.47. The van der Waals surface area contributed by atoms with Gasteiger partial charge in [0.15, 0.2) is 0 Å². The molecular weight excluding hydrogens is 362 g/mol. The molecule has 168 valence electrons. The Kier molecular flexibility index (Phi) is 17.4. The van der Waals surface area contributed by atoms with Crippen LogP contribution in [-0.2, 0) is 9.59 Å². The Hall–Kier alpha value is -1.62. The van der Waals surface area contributed by atoms with E-state index in [1.165, 1.54) is 25.7 Å². The van der Waals surface area contributed by atoms with Crippen LogP contribution in [0.15, 0.2) is 24.3 Å². The highest BCUT2D eigenvalue weighted by atomic mass is 16.2. The van der Waals surface area contributed by atoms with E-state index in [1.807, 2.05) is 26.0 Å². The lowest BCUT2D eigenvalue weighted by atomic mass is 10.2. The molecule has 0 aliphatic carbocycles. The molecule has 0 aromatic carbocycles. The molecule has 0 aromatic rings. The van der Waals surface area contributed by atoms with Gasteiger partial charge in [-0.25, -0.2) is 0 Å². The predicted octanol–water partition coefficient (Wildman–Crippen LogP) is 4.59. The van der Waals surface area contributed by atoms with Gasteiger partial charge in [0.1, 0.15) is 0 Å². The first-order valence-corrected chi connectivity index (χ1v) is 11.5. The summed E-state index contributed by atoms with van der Waals surface area (Å²) >= 11 is 0. The van der Waals surface area contributed by atoms with Gasteiger partial charge in [0.2, 0.25) is 11.8 Å². The Morgan fingerprint density at radius 1 is 0.759 bits per heavy atom. The molecule has 0 aromatic heterocycles. The molecule has 5 heteroatoms. The highest BCUT2D eigenvalue weighted by Gasteiger charge is 2.14. The van der Waals surface area contributed by atoms with Crippen LogP contribution in [0.3, 0.4) is 0 Å². The Morgan fingerprint density at radius 3 is 1.52 bits per heavy atom. The molecule has 0 aliphatic rings. The summed E-state index contributed by atoms with van der Waals surface area (Å²) in [5.74, 6) is 0.134. The maximum absolute atomic E-state index is 12.0. The first kappa shape index (κ1) is 27.4. The summed E-state index contributed by atoms with van der Waals surface area (Å²) < 4.78 is 0. The van der Waals surface area contributed by atoms with E-state index in [1.54, 1.807) is 0 Å². The van der Waals surface area contributed by atoms with E-state index < -0.39 is 0 Å². The van der Waals surface area contributed by atoms with Crippen molar-refractivity contribution in [3.05, 3.63) is 24.3 Å². The van der Waals surface area contributed by atoms with Gasteiger partial charge < -0.3 is 10.6 Å². The van der Waals surface area contributed by atoms with E-state index in [0.717, 1.165) is 32.5 Å². The van der Waals surface area contributed by atoms with Gasteiger partial charge in [-0.3, -0.25) is 14.5 Å². The van der Waals surface area contributed by atoms with Gasteiger partial charge in [-0.1, -0.05) is 70.8 Å². The van der Waals surface area contributed by atoms with E-state index in [2.05, 4.69) is 48.5 Å². The number of amides is 2. The minimum atomic E-state index is 0.0671. The fraction of sp³-hybridized carbons (Fsp3) is 0.750.